The van der Waals surface area contributed by atoms with E-state index in [-0.39, 0.29) is 18.5 Å². The fourth-order valence-electron chi connectivity index (χ4n) is 3.98. The van der Waals surface area contributed by atoms with Crippen LogP contribution in [0, 0.1) is 5.92 Å². The van der Waals surface area contributed by atoms with Crippen molar-refractivity contribution in [3.8, 4) is 0 Å². The highest BCUT2D eigenvalue weighted by atomic mass is 16.5. The number of ether oxygens (including phenoxy) is 1. The second kappa shape index (κ2) is 20.7. The molecule has 0 aliphatic rings. The molecule has 0 heterocycles. The van der Waals surface area contributed by atoms with E-state index in [1.165, 1.54) is 44.9 Å². The van der Waals surface area contributed by atoms with Crippen LogP contribution in [0.25, 0.3) is 0 Å². The fourth-order valence-corrected chi connectivity index (χ4v) is 3.98. The first-order chi connectivity index (χ1) is 15.8. The van der Waals surface area contributed by atoms with Gasteiger partial charge >= 0.3 is 17.9 Å². The van der Waals surface area contributed by atoms with E-state index in [0.29, 0.717) is 12.0 Å². The number of esters is 1. The van der Waals surface area contributed by atoms with Gasteiger partial charge in [0, 0.05) is 5.57 Å². The molecular formula is C27H48O6. The third-order valence-electron chi connectivity index (χ3n) is 6.12. The SMILES string of the molecule is C=C(C)C(=O)OC(CCCCCCCCCC)CCCCCCCCCC(C(=O)O)C(=O)O. The monoisotopic (exact) mass is 468 g/mol. The lowest BCUT2D eigenvalue weighted by Crippen LogP contribution is -2.23. The van der Waals surface area contributed by atoms with Crippen molar-refractivity contribution in [2.45, 2.75) is 136 Å². The predicted molar refractivity (Wildman–Crippen MR) is 132 cm³/mol. The Morgan fingerprint density at radius 3 is 1.39 bits per heavy atom. The van der Waals surface area contributed by atoms with Crippen molar-refractivity contribution in [2.75, 3.05) is 0 Å². The topological polar surface area (TPSA) is 101 Å². The van der Waals surface area contributed by atoms with Gasteiger partial charge in [-0.25, -0.2) is 4.79 Å². The molecule has 6 nitrogen and oxygen atoms in total. The van der Waals surface area contributed by atoms with Crippen molar-refractivity contribution >= 4 is 17.9 Å². The van der Waals surface area contributed by atoms with Crippen molar-refractivity contribution in [3.63, 3.8) is 0 Å². The molecule has 0 rings (SSSR count). The minimum atomic E-state index is -1.29. The minimum Gasteiger partial charge on any atom is -0.481 e. The molecule has 1 unspecified atom stereocenters. The minimum absolute atomic E-state index is 0.0294. The van der Waals surface area contributed by atoms with Gasteiger partial charge in [0.1, 0.15) is 6.10 Å². The number of hydrogen-bond donors (Lipinski definition) is 2. The Kier molecular flexibility index (Phi) is 19.6. The first-order valence-corrected chi connectivity index (χ1v) is 13.1. The van der Waals surface area contributed by atoms with Gasteiger partial charge in [-0.1, -0.05) is 97.0 Å². The largest absolute Gasteiger partial charge is 0.481 e. The van der Waals surface area contributed by atoms with Crippen molar-refractivity contribution in [3.05, 3.63) is 12.2 Å². The summed E-state index contributed by atoms with van der Waals surface area (Å²) in [7, 11) is 0. The molecule has 1 atom stereocenters. The standard InChI is InChI=1S/C27H48O6/c1-4-5-6-7-8-10-13-16-19-23(33-27(32)22(2)3)20-17-14-11-9-12-15-18-21-24(25(28)29)26(30)31/h23-24H,2,4-21H2,1,3H3,(H,28,29)(H,30,31). The maximum Gasteiger partial charge on any atom is 0.333 e. The molecule has 192 valence electrons. The van der Waals surface area contributed by atoms with E-state index in [1.54, 1.807) is 6.92 Å². The lowest BCUT2D eigenvalue weighted by Gasteiger charge is -2.18. The zero-order valence-electron chi connectivity index (χ0n) is 21.1. The van der Waals surface area contributed by atoms with Crippen molar-refractivity contribution < 1.29 is 29.3 Å². The summed E-state index contributed by atoms with van der Waals surface area (Å²) < 4.78 is 5.66. The molecule has 0 bridgehead atoms. The fraction of sp³-hybridized carbons (Fsp3) is 0.815. The van der Waals surface area contributed by atoms with Gasteiger partial charge in [0.15, 0.2) is 5.92 Å². The molecule has 33 heavy (non-hydrogen) atoms. The van der Waals surface area contributed by atoms with E-state index in [4.69, 9.17) is 14.9 Å². The summed E-state index contributed by atoms with van der Waals surface area (Å²) in [5.41, 5.74) is 0.448. The maximum atomic E-state index is 12.0. The number of hydrogen-bond acceptors (Lipinski definition) is 4. The van der Waals surface area contributed by atoms with E-state index in [9.17, 15) is 14.4 Å². The highest BCUT2D eigenvalue weighted by Crippen LogP contribution is 2.19. The molecule has 0 saturated heterocycles. The summed E-state index contributed by atoms with van der Waals surface area (Å²) in [6.45, 7) is 7.61. The third kappa shape index (κ3) is 18.3. The Labute approximate surface area is 201 Å². The zero-order chi connectivity index (χ0) is 24.9. The molecule has 0 saturated carbocycles. The summed E-state index contributed by atoms with van der Waals surface area (Å²) in [4.78, 5) is 33.7. The lowest BCUT2D eigenvalue weighted by atomic mass is 9.99. The van der Waals surface area contributed by atoms with E-state index in [1.807, 2.05) is 0 Å². The van der Waals surface area contributed by atoms with E-state index in [0.717, 1.165) is 57.8 Å². The van der Waals surface area contributed by atoms with Gasteiger partial charge in [-0.2, -0.15) is 0 Å². The summed E-state index contributed by atoms with van der Waals surface area (Å²) in [5, 5.41) is 17.8. The van der Waals surface area contributed by atoms with Crippen LogP contribution in [0.1, 0.15) is 129 Å². The van der Waals surface area contributed by atoms with Crippen LogP contribution in [0.15, 0.2) is 12.2 Å². The number of carboxylic acids is 2. The van der Waals surface area contributed by atoms with Crippen LogP contribution in [0.2, 0.25) is 0 Å². The Balaban J connectivity index is 3.96. The van der Waals surface area contributed by atoms with Crippen molar-refractivity contribution in [2.24, 2.45) is 5.92 Å². The normalized spacial score (nSPS) is 12.0. The van der Waals surface area contributed by atoms with Crippen molar-refractivity contribution in [1.29, 1.82) is 0 Å². The lowest BCUT2D eigenvalue weighted by molar-refractivity contribution is -0.155. The van der Waals surface area contributed by atoms with Crippen LogP contribution >= 0.6 is 0 Å². The second-order valence-electron chi connectivity index (χ2n) is 9.35. The van der Waals surface area contributed by atoms with Gasteiger partial charge in [0.2, 0.25) is 0 Å². The molecule has 0 aromatic carbocycles. The number of aliphatic carboxylic acids is 2. The Hall–Kier alpha value is -1.85. The highest BCUT2D eigenvalue weighted by Gasteiger charge is 2.24. The van der Waals surface area contributed by atoms with E-state index in [2.05, 4.69) is 13.5 Å². The smallest absolute Gasteiger partial charge is 0.333 e. The molecule has 0 aliphatic heterocycles. The first kappa shape index (κ1) is 31.1. The second-order valence-corrected chi connectivity index (χ2v) is 9.35. The molecule has 0 aliphatic carbocycles. The zero-order valence-corrected chi connectivity index (χ0v) is 21.1. The van der Waals surface area contributed by atoms with Crippen LogP contribution in [-0.4, -0.2) is 34.2 Å². The van der Waals surface area contributed by atoms with Gasteiger partial charge in [0.05, 0.1) is 0 Å². The predicted octanol–water partition coefficient (Wildman–Crippen LogP) is 7.30. The molecule has 0 amide bonds. The van der Waals surface area contributed by atoms with Crippen LogP contribution in [0.4, 0.5) is 0 Å². The molecule has 0 aromatic heterocycles. The molecule has 0 spiro atoms. The molecule has 0 aromatic rings. The van der Waals surface area contributed by atoms with Crippen LogP contribution < -0.4 is 0 Å². The average Bonchev–Trinajstić information content (AvgIpc) is 2.75. The first-order valence-electron chi connectivity index (χ1n) is 13.1. The van der Waals surface area contributed by atoms with Gasteiger partial charge in [-0.3, -0.25) is 9.59 Å². The molecule has 0 fully saturated rings. The molecule has 0 radical (unpaired) electrons. The van der Waals surface area contributed by atoms with Gasteiger partial charge < -0.3 is 14.9 Å². The van der Waals surface area contributed by atoms with Crippen LogP contribution in [0.3, 0.4) is 0 Å². The quantitative estimate of drug-likeness (QED) is 0.0706. The van der Waals surface area contributed by atoms with Crippen molar-refractivity contribution in [1.82, 2.24) is 0 Å². The summed E-state index contributed by atoms with van der Waals surface area (Å²) in [6.07, 6.45) is 18.8. The Morgan fingerprint density at radius 2 is 1.03 bits per heavy atom. The summed E-state index contributed by atoms with van der Waals surface area (Å²) >= 11 is 0. The van der Waals surface area contributed by atoms with Crippen LogP contribution in [-0.2, 0) is 19.1 Å². The van der Waals surface area contributed by atoms with Gasteiger partial charge in [0.25, 0.3) is 0 Å². The summed E-state index contributed by atoms with van der Waals surface area (Å²) in [5.74, 6) is -4.08. The van der Waals surface area contributed by atoms with E-state index >= 15 is 0 Å². The highest BCUT2D eigenvalue weighted by molar-refractivity contribution is 5.92. The number of rotatable bonds is 23. The number of unbranched alkanes of at least 4 members (excludes halogenated alkanes) is 13. The maximum absolute atomic E-state index is 12.0. The number of carboxylic acid groups (broad SMARTS) is 2. The molecule has 6 heteroatoms. The molecule has 2 N–H and O–H groups in total. The average molecular weight is 469 g/mol. The van der Waals surface area contributed by atoms with E-state index < -0.39 is 17.9 Å². The third-order valence-corrected chi connectivity index (χ3v) is 6.12. The Morgan fingerprint density at radius 1 is 0.667 bits per heavy atom. The number of carbonyl (C=O) groups is 3. The van der Waals surface area contributed by atoms with Crippen LogP contribution in [0.5, 0.6) is 0 Å². The number of carbonyl (C=O) groups excluding carboxylic acids is 1. The summed E-state index contributed by atoms with van der Waals surface area (Å²) in [6, 6.07) is 0. The Bertz CT molecular complexity index is 543. The van der Waals surface area contributed by atoms with Gasteiger partial charge in [-0.05, 0) is 39.0 Å². The van der Waals surface area contributed by atoms with Gasteiger partial charge in [-0.15, -0.1) is 0 Å². The molecular weight excluding hydrogens is 420 g/mol.